The van der Waals surface area contributed by atoms with Gasteiger partial charge in [-0.3, -0.25) is 23.2 Å². The van der Waals surface area contributed by atoms with Gasteiger partial charge in [0.05, 0.1) is 5.56 Å². The summed E-state index contributed by atoms with van der Waals surface area (Å²) in [7, 11) is -8.98. The minimum atomic E-state index is -4.87. The maximum Gasteiger partial charge on any atom is 0.372 e. The molecule has 0 saturated carbocycles. The number of benzene rings is 1. The van der Waals surface area contributed by atoms with Crippen LogP contribution in [0.25, 0.3) is 0 Å². The van der Waals surface area contributed by atoms with Gasteiger partial charge in [-0.05, 0) is 29.8 Å². The fourth-order valence-corrected chi connectivity index (χ4v) is 7.07. The lowest BCUT2D eigenvalue weighted by Crippen LogP contribution is -2.37. The van der Waals surface area contributed by atoms with E-state index < -0.39 is 32.8 Å². The van der Waals surface area contributed by atoms with E-state index in [1.54, 1.807) is 12.1 Å². The highest BCUT2D eigenvalue weighted by molar-refractivity contribution is 7.75. The number of rotatable bonds is 3. The predicted octanol–water partition coefficient (Wildman–Crippen LogP) is 3.47. The van der Waals surface area contributed by atoms with Crippen molar-refractivity contribution in [2.24, 2.45) is 0 Å². The average Bonchev–Trinajstić information content (AvgIpc) is 2.55. The molecule has 2 aromatic rings. The Morgan fingerprint density at radius 1 is 1.31 bits per heavy atom. The topological polar surface area (TPSA) is 126 Å². The summed E-state index contributed by atoms with van der Waals surface area (Å²) in [6, 6.07) is 7.02. The summed E-state index contributed by atoms with van der Waals surface area (Å²) in [5.74, 6) is -0.322. The first-order valence-electron chi connectivity index (χ1n) is 7.43. The zero-order chi connectivity index (χ0) is 19.2. The van der Waals surface area contributed by atoms with Crippen molar-refractivity contribution >= 4 is 26.6 Å². The van der Waals surface area contributed by atoms with E-state index in [1.807, 2.05) is 0 Å². The van der Waals surface area contributed by atoms with Crippen molar-refractivity contribution in [3.8, 4) is 5.75 Å². The van der Waals surface area contributed by atoms with Crippen LogP contribution in [-0.2, 0) is 24.6 Å². The Balaban J connectivity index is 2.01. The fraction of sp³-hybridized carbons (Fsp3) is 0.267. The molecule has 11 heteroatoms. The van der Waals surface area contributed by atoms with Crippen LogP contribution in [0.1, 0.15) is 17.4 Å². The summed E-state index contributed by atoms with van der Waals surface area (Å²) in [4.78, 5) is 14.2. The van der Waals surface area contributed by atoms with Crippen LogP contribution in [0, 0.1) is 0 Å². The van der Waals surface area contributed by atoms with Crippen molar-refractivity contribution in [2.45, 2.75) is 17.8 Å². The van der Waals surface area contributed by atoms with Gasteiger partial charge >= 0.3 is 7.60 Å². The summed E-state index contributed by atoms with van der Waals surface area (Å²) in [6.07, 6.45) is 0.766. The summed E-state index contributed by atoms with van der Waals surface area (Å²) in [5.41, 5.74) is 0.305. The van der Waals surface area contributed by atoms with Crippen LogP contribution < -0.4 is 0 Å². The van der Waals surface area contributed by atoms with Gasteiger partial charge in [0.25, 0.3) is 0 Å². The average molecular weight is 420 g/mol. The summed E-state index contributed by atoms with van der Waals surface area (Å²) in [5, 5.41) is 18.3. The second kappa shape index (κ2) is 6.73. The highest BCUT2D eigenvalue weighted by Crippen LogP contribution is 2.79. The van der Waals surface area contributed by atoms with Crippen LogP contribution in [-0.4, -0.2) is 31.8 Å². The molecule has 4 atom stereocenters. The smallest absolute Gasteiger partial charge is 0.372 e. The largest absolute Gasteiger partial charge is 0.507 e. The van der Waals surface area contributed by atoms with E-state index in [-0.39, 0.29) is 16.3 Å². The quantitative estimate of drug-likeness (QED) is 0.645. The SMILES string of the molecule is CP1(=O)OC(c2cc(Cl)ccc2O)OP(=O)(O)C1(O)Cc1cccnc1. The van der Waals surface area contributed by atoms with Crippen LogP contribution in [0.4, 0.5) is 0 Å². The highest BCUT2D eigenvalue weighted by Gasteiger charge is 2.64. The molecular weight excluding hydrogens is 404 g/mol. The lowest BCUT2D eigenvalue weighted by Gasteiger charge is -2.43. The van der Waals surface area contributed by atoms with E-state index in [0.29, 0.717) is 5.56 Å². The van der Waals surface area contributed by atoms with E-state index in [4.69, 9.17) is 20.6 Å². The Bertz CT molecular complexity index is 897. The number of aromatic nitrogens is 1. The standard InChI is InChI=1S/C15H16ClNO7P2/c1-25(20)15(19,8-10-3-2-6-17-9-10)26(21,22)24-14(23-25)12-7-11(16)4-5-13(12)18/h2-7,9,14,18-19H,8H2,1H3,(H,21,22). The van der Waals surface area contributed by atoms with E-state index in [9.17, 15) is 24.2 Å². The van der Waals surface area contributed by atoms with Gasteiger partial charge in [-0.2, -0.15) is 0 Å². The molecule has 1 aliphatic rings. The number of phenolic OH excluding ortho intramolecular Hbond substituents is 1. The zero-order valence-electron chi connectivity index (χ0n) is 13.5. The van der Waals surface area contributed by atoms with Gasteiger partial charge < -0.3 is 15.1 Å². The number of phenols is 1. The van der Waals surface area contributed by atoms with Crippen molar-refractivity contribution in [3.05, 3.63) is 58.9 Å². The van der Waals surface area contributed by atoms with E-state index in [0.717, 1.165) is 6.66 Å². The maximum atomic E-state index is 13.1. The number of pyridine rings is 1. The van der Waals surface area contributed by atoms with Gasteiger partial charge in [-0.1, -0.05) is 17.7 Å². The minimum absolute atomic E-state index is 0.0720. The molecule has 1 aromatic heterocycles. The van der Waals surface area contributed by atoms with Crippen LogP contribution in [0.5, 0.6) is 5.75 Å². The van der Waals surface area contributed by atoms with Crippen molar-refractivity contribution in [2.75, 3.05) is 6.66 Å². The van der Waals surface area contributed by atoms with Crippen molar-refractivity contribution in [1.82, 2.24) is 4.98 Å². The predicted molar refractivity (Wildman–Crippen MR) is 94.3 cm³/mol. The Hall–Kier alpha value is -1.24. The molecule has 26 heavy (non-hydrogen) atoms. The Labute approximate surface area is 154 Å². The molecule has 1 fully saturated rings. The monoisotopic (exact) mass is 419 g/mol. The second-order valence-electron chi connectivity index (χ2n) is 5.92. The molecule has 3 rings (SSSR count). The molecular formula is C15H16ClNO7P2. The van der Waals surface area contributed by atoms with Gasteiger partial charge in [0.1, 0.15) is 5.75 Å². The molecule has 4 unspecified atom stereocenters. The van der Waals surface area contributed by atoms with E-state index in [2.05, 4.69) is 4.98 Å². The van der Waals surface area contributed by atoms with Gasteiger partial charge in [-0.15, -0.1) is 0 Å². The van der Waals surface area contributed by atoms with Crippen LogP contribution in [0.3, 0.4) is 0 Å². The molecule has 1 aromatic carbocycles. The summed E-state index contributed by atoms with van der Waals surface area (Å²) in [6.45, 7) is 1.04. The highest BCUT2D eigenvalue weighted by atomic mass is 35.5. The van der Waals surface area contributed by atoms with E-state index in [1.165, 1.54) is 30.6 Å². The summed E-state index contributed by atoms with van der Waals surface area (Å²) < 4.78 is 36.2. The first-order chi connectivity index (χ1) is 12.1. The summed E-state index contributed by atoms with van der Waals surface area (Å²) >= 11 is 5.86. The number of nitrogens with zero attached hydrogens (tertiary/aromatic N) is 1. The molecule has 0 bridgehead atoms. The Morgan fingerprint density at radius 3 is 2.65 bits per heavy atom. The van der Waals surface area contributed by atoms with Crippen LogP contribution in [0.2, 0.25) is 5.02 Å². The van der Waals surface area contributed by atoms with Crippen LogP contribution in [0.15, 0.2) is 42.7 Å². The van der Waals surface area contributed by atoms with Gasteiger partial charge in [-0.25, -0.2) is 0 Å². The molecule has 2 heterocycles. The molecule has 1 aliphatic heterocycles. The lowest BCUT2D eigenvalue weighted by atomic mass is 10.2. The van der Waals surface area contributed by atoms with Gasteiger partial charge in [0.2, 0.25) is 18.7 Å². The fourth-order valence-electron chi connectivity index (χ4n) is 2.58. The molecule has 1 saturated heterocycles. The molecule has 0 radical (unpaired) electrons. The van der Waals surface area contributed by atoms with Crippen molar-refractivity contribution in [1.29, 1.82) is 0 Å². The van der Waals surface area contributed by atoms with E-state index >= 15 is 0 Å². The molecule has 8 nitrogen and oxygen atoms in total. The third-order valence-corrected chi connectivity index (χ3v) is 9.72. The molecule has 3 N–H and O–H groups in total. The maximum absolute atomic E-state index is 13.1. The number of aromatic hydroxyl groups is 1. The normalized spacial score (nSPS) is 34.5. The third-order valence-electron chi connectivity index (χ3n) is 4.05. The second-order valence-corrected chi connectivity index (χ2v) is 11.3. The molecule has 0 aliphatic carbocycles. The minimum Gasteiger partial charge on any atom is -0.507 e. The number of hydrogen-bond acceptors (Lipinski definition) is 7. The number of aliphatic hydroxyl groups is 1. The first kappa shape index (κ1) is 19.5. The zero-order valence-corrected chi connectivity index (χ0v) is 16.1. The lowest BCUT2D eigenvalue weighted by molar-refractivity contribution is -0.0450. The Morgan fingerprint density at radius 2 is 2.04 bits per heavy atom. The number of halogens is 1. The van der Waals surface area contributed by atoms with Gasteiger partial charge in [0.15, 0.2) is 0 Å². The first-order valence-corrected chi connectivity index (χ1v) is 11.5. The van der Waals surface area contributed by atoms with Crippen LogP contribution >= 0.6 is 26.6 Å². The molecule has 140 valence electrons. The molecule has 0 amide bonds. The number of hydrogen-bond donors (Lipinski definition) is 3. The Kier molecular flexibility index (Phi) is 5.05. The van der Waals surface area contributed by atoms with Crippen molar-refractivity contribution in [3.63, 3.8) is 0 Å². The molecule has 0 spiro atoms. The van der Waals surface area contributed by atoms with Crippen molar-refractivity contribution < 1.29 is 33.3 Å². The van der Waals surface area contributed by atoms with Gasteiger partial charge in [0, 0.05) is 30.5 Å². The third kappa shape index (κ3) is 3.35.